The molecule has 0 saturated heterocycles. The van der Waals surface area contributed by atoms with E-state index in [1.54, 1.807) is 0 Å². The van der Waals surface area contributed by atoms with Crippen molar-refractivity contribution in [1.29, 1.82) is 0 Å². The number of halogens is 2. The van der Waals surface area contributed by atoms with Gasteiger partial charge < -0.3 is 35.4 Å². The molecule has 0 aromatic carbocycles. The third kappa shape index (κ3) is 23.2. The van der Waals surface area contributed by atoms with Crippen LogP contribution in [0.25, 0.3) is 10.6 Å². The van der Waals surface area contributed by atoms with Gasteiger partial charge in [-0.05, 0) is 0 Å². The molecule has 0 rings (SSSR count). The molecule has 2 nitrogen and oxygen atoms in total. The normalized spacial score (nSPS) is 9.00. The standard InChI is InChI=1S/C9H20N2.2ClH.Ti/c1-8(2)10-6-5-7-11-9(3)4;;;/h8-9H,5-7H2,1-4H3;2*1H;/q-2;;;+4/p-2. The fourth-order valence-electron chi connectivity index (χ4n) is 0.770. The Labute approximate surface area is 116 Å². The molecule has 0 aromatic heterocycles. The summed E-state index contributed by atoms with van der Waals surface area (Å²) in [5.74, 6) is 0. The van der Waals surface area contributed by atoms with Crippen LogP contribution in [0.2, 0.25) is 0 Å². The monoisotopic (exact) mass is 274 g/mol. The molecule has 5 heteroatoms. The first kappa shape index (κ1) is 24.4. The molecule has 0 amide bonds. The first-order valence-electron chi connectivity index (χ1n) is 4.46. The fraction of sp³-hybridized carbons (Fsp3) is 1.00. The van der Waals surface area contributed by atoms with E-state index in [4.69, 9.17) is 0 Å². The Morgan fingerprint density at radius 3 is 1.29 bits per heavy atom. The van der Waals surface area contributed by atoms with Crippen molar-refractivity contribution in [3.05, 3.63) is 10.6 Å². The van der Waals surface area contributed by atoms with E-state index in [1.807, 2.05) is 0 Å². The second kappa shape index (κ2) is 16.6. The molecule has 0 fully saturated rings. The summed E-state index contributed by atoms with van der Waals surface area (Å²) in [6.07, 6.45) is 1.11. The Hall–Kier alpha value is 1.21. The van der Waals surface area contributed by atoms with Crippen LogP contribution in [0.15, 0.2) is 0 Å². The predicted octanol–water partition coefficient (Wildman–Crippen LogP) is -3.05. The van der Waals surface area contributed by atoms with Crippen molar-refractivity contribution >= 4 is 0 Å². The van der Waals surface area contributed by atoms with Crippen molar-refractivity contribution in [1.82, 2.24) is 0 Å². The largest absolute Gasteiger partial charge is 4.00 e. The Kier molecular flexibility index (Phi) is 29.0. The van der Waals surface area contributed by atoms with Crippen LogP contribution in [0.1, 0.15) is 34.1 Å². The molecule has 0 atom stereocenters. The first-order valence-corrected chi connectivity index (χ1v) is 4.46. The van der Waals surface area contributed by atoms with E-state index in [0.29, 0.717) is 12.1 Å². The smallest absolute Gasteiger partial charge is 1.00 e. The first-order chi connectivity index (χ1) is 5.13. The number of hydrogen-bond acceptors (Lipinski definition) is 0. The van der Waals surface area contributed by atoms with Crippen LogP contribution in [-0.2, 0) is 21.7 Å². The molecule has 0 aliphatic carbocycles. The maximum Gasteiger partial charge on any atom is 4.00 e. The second-order valence-electron chi connectivity index (χ2n) is 3.35. The Balaban J connectivity index is -0.000000167. The van der Waals surface area contributed by atoms with Gasteiger partial charge in [0, 0.05) is 0 Å². The van der Waals surface area contributed by atoms with Crippen LogP contribution in [0, 0.1) is 0 Å². The zero-order valence-electron chi connectivity index (χ0n) is 9.43. The Morgan fingerprint density at radius 2 is 1.07 bits per heavy atom. The summed E-state index contributed by atoms with van der Waals surface area (Å²) >= 11 is 0. The SMILES string of the molecule is CC(C)[N-]CCC[N-]C(C)C.[Cl-].[Cl-].[Ti+4]. The van der Waals surface area contributed by atoms with E-state index >= 15 is 0 Å². The minimum atomic E-state index is 0. The third-order valence-electron chi connectivity index (χ3n) is 1.30. The van der Waals surface area contributed by atoms with Crippen LogP contribution >= 0.6 is 0 Å². The van der Waals surface area contributed by atoms with Crippen molar-refractivity contribution in [3.63, 3.8) is 0 Å². The molecule has 0 bridgehead atoms. The van der Waals surface area contributed by atoms with Crippen LogP contribution in [0.4, 0.5) is 0 Å². The summed E-state index contributed by atoms with van der Waals surface area (Å²) in [6, 6.07) is 0.961. The van der Waals surface area contributed by atoms with E-state index in [1.165, 1.54) is 0 Å². The number of hydrogen-bond donors (Lipinski definition) is 0. The third-order valence-corrected chi connectivity index (χ3v) is 1.30. The van der Waals surface area contributed by atoms with Crippen LogP contribution in [0.5, 0.6) is 0 Å². The fourth-order valence-corrected chi connectivity index (χ4v) is 0.770. The molecule has 0 aromatic rings. The molecule has 0 unspecified atom stereocenters. The van der Waals surface area contributed by atoms with Crippen molar-refractivity contribution in [3.8, 4) is 0 Å². The molecule has 14 heavy (non-hydrogen) atoms. The molecule has 0 aliphatic rings. The molecule has 0 radical (unpaired) electrons. The van der Waals surface area contributed by atoms with Crippen molar-refractivity contribution in [2.24, 2.45) is 0 Å². The zero-order chi connectivity index (χ0) is 8.69. The summed E-state index contributed by atoms with van der Waals surface area (Å²) in [6.45, 7) is 10.4. The Bertz CT molecular complexity index is 82.9. The van der Waals surface area contributed by atoms with Gasteiger partial charge in [-0.1, -0.05) is 34.1 Å². The maximum absolute atomic E-state index is 4.36. The molecule has 84 valence electrons. The topological polar surface area (TPSA) is 28.2 Å². The van der Waals surface area contributed by atoms with Gasteiger partial charge in [-0.3, -0.25) is 0 Å². The van der Waals surface area contributed by atoms with E-state index in [9.17, 15) is 0 Å². The molecule has 0 N–H and O–H groups in total. The summed E-state index contributed by atoms with van der Waals surface area (Å²) < 4.78 is 0. The van der Waals surface area contributed by atoms with Crippen LogP contribution in [0.3, 0.4) is 0 Å². The van der Waals surface area contributed by atoms with Gasteiger partial charge in [0.25, 0.3) is 0 Å². The van der Waals surface area contributed by atoms with Gasteiger partial charge in [0.15, 0.2) is 0 Å². The van der Waals surface area contributed by atoms with Gasteiger partial charge >= 0.3 is 21.7 Å². The van der Waals surface area contributed by atoms with Crippen LogP contribution in [-0.4, -0.2) is 25.2 Å². The van der Waals surface area contributed by atoms with Crippen molar-refractivity contribution in [2.45, 2.75) is 46.2 Å². The molecule has 0 aliphatic heterocycles. The molecular weight excluding hydrogens is 255 g/mol. The summed E-state index contributed by atoms with van der Waals surface area (Å²) in [5.41, 5.74) is 0. The van der Waals surface area contributed by atoms with Gasteiger partial charge in [-0.25, -0.2) is 0 Å². The quantitative estimate of drug-likeness (QED) is 0.364. The number of rotatable bonds is 6. The van der Waals surface area contributed by atoms with Gasteiger partial charge in [-0.2, -0.15) is 13.1 Å². The molecular formula is C9H20Cl2N2Ti. The Morgan fingerprint density at radius 1 is 0.786 bits per heavy atom. The van der Waals surface area contributed by atoms with Gasteiger partial charge in [0.2, 0.25) is 0 Å². The van der Waals surface area contributed by atoms with Gasteiger partial charge in [0.1, 0.15) is 0 Å². The minimum Gasteiger partial charge on any atom is -1.00 e. The van der Waals surface area contributed by atoms with E-state index in [2.05, 4.69) is 38.3 Å². The van der Waals surface area contributed by atoms with Gasteiger partial charge in [0.05, 0.1) is 0 Å². The van der Waals surface area contributed by atoms with Gasteiger partial charge in [-0.15, -0.1) is 12.1 Å². The summed E-state index contributed by atoms with van der Waals surface area (Å²) in [4.78, 5) is 0. The van der Waals surface area contributed by atoms with E-state index < -0.39 is 0 Å². The van der Waals surface area contributed by atoms with Crippen molar-refractivity contribution in [2.75, 3.05) is 13.1 Å². The second-order valence-corrected chi connectivity index (χ2v) is 3.35. The molecule has 0 heterocycles. The predicted molar refractivity (Wildman–Crippen MR) is 51.3 cm³/mol. The maximum atomic E-state index is 4.36. The van der Waals surface area contributed by atoms with E-state index in [0.717, 1.165) is 19.5 Å². The van der Waals surface area contributed by atoms with Crippen molar-refractivity contribution < 1.29 is 46.5 Å². The summed E-state index contributed by atoms with van der Waals surface area (Å²) in [7, 11) is 0. The average Bonchev–Trinajstić information content (AvgIpc) is 1.85. The summed E-state index contributed by atoms with van der Waals surface area (Å²) in [5, 5.41) is 8.72. The minimum absolute atomic E-state index is 0. The average molecular weight is 275 g/mol. The molecule has 0 spiro atoms. The number of nitrogens with zero attached hydrogens (tertiary/aromatic N) is 2. The van der Waals surface area contributed by atoms with E-state index in [-0.39, 0.29) is 46.5 Å². The van der Waals surface area contributed by atoms with Crippen LogP contribution < -0.4 is 24.8 Å². The molecule has 0 saturated carbocycles. The zero-order valence-corrected chi connectivity index (χ0v) is 12.5.